The smallest absolute Gasteiger partial charge is 0.178 e. The standard InChI is InChI=1S/C14H14N4/c1-9-5-6-10(15)8-11(9)14-17-13-12(18(14)2)4-3-7-16-13/h3-8H,15H2,1-2H3. The Hall–Kier alpha value is -2.36. The van der Waals surface area contributed by atoms with Crippen molar-refractivity contribution in [1.29, 1.82) is 0 Å². The van der Waals surface area contributed by atoms with E-state index in [1.54, 1.807) is 6.20 Å². The third-order valence-electron chi connectivity index (χ3n) is 3.16. The second-order valence-electron chi connectivity index (χ2n) is 4.41. The Morgan fingerprint density at radius 1 is 1.22 bits per heavy atom. The van der Waals surface area contributed by atoms with Crippen molar-refractivity contribution in [2.24, 2.45) is 7.05 Å². The predicted octanol–water partition coefficient (Wildman–Crippen LogP) is 2.53. The molecule has 2 N–H and O–H groups in total. The van der Waals surface area contributed by atoms with Crippen molar-refractivity contribution in [3.05, 3.63) is 42.1 Å². The zero-order valence-electron chi connectivity index (χ0n) is 10.4. The highest BCUT2D eigenvalue weighted by Crippen LogP contribution is 2.26. The minimum Gasteiger partial charge on any atom is -0.399 e. The van der Waals surface area contributed by atoms with Crippen LogP contribution in [0, 0.1) is 6.92 Å². The molecule has 3 aromatic rings. The molecule has 0 saturated heterocycles. The van der Waals surface area contributed by atoms with Crippen LogP contribution in [0.5, 0.6) is 0 Å². The number of imidazole rings is 1. The Labute approximate surface area is 105 Å². The average Bonchev–Trinajstić information content (AvgIpc) is 2.71. The Morgan fingerprint density at radius 3 is 2.83 bits per heavy atom. The molecule has 18 heavy (non-hydrogen) atoms. The van der Waals surface area contributed by atoms with E-state index in [9.17, 15) is 0 Å². The maximum absolute atomic E-state index is 5.86. The summed E-state index contributed by atoms with van der Waals surface area (Å²) >= 11 is 0. The molecule has 0 aliphatic heterocycles. The molecule has 0 atom stereocenters. The van der Waals surface area contributed by atoms with Gasteiger partial charge < -0.3 is 10.3 Å². The minimum atomic E-state index is 0.746. The third kappa shape index (κ3) is 1.54. The Balaban J connectivity index is 2.31. The van der Waals surface area contributed by atoms with Crippen molar-refractivity contribution in [3.63, 3.8) is 0 Å². The number of fused-ring (bicyclic) bond motifs is 1. The molecular formula is C14H14N4. The highest BCUT2D eigenvalue weighted by Gasteiger charge is 2.12. The van der Waals surface area contributed by atoms with Gasteiger partial charge in [-0.3, -0.25) is 0 Å². The van der Waals surface area contributed by atoms with Gasteiger partial charge in [-0.05, 0) is 36.8 Å². The summed E-state index contributed by atoms with van der Waals surface area (Å²) in [5, 5.41) is 0. The van der Waals surface area contributed by atoms with Gasteiger partial charge in [0.15, 0.2) is 5.65 Å². The van der Waals surface area contributed by atoms with Crippen molar-refractivity contribution in [2.45, 2.75) is 6.92 Å². The van der Waals surface area contributed by atoms with Crippen molar-refractivity contribution in [3.8, 4) is 11.4 Å². The van der Waals surface area contributed by atoms with Crippen LogP contribution in [0.3, 0.4) is 0 Å². The SMILES string of the molecule is Cc1ccc(N)cc1-c1nc2ncccc2n1C. The first-order chi connectivity index (χ1) is 8.66. The van der Waals surface area contributed by atoms with Gasteiger partial charge in [0.2, 0.25) is 0 Å². The number of hydrogen-bond donors (Lipinski definition) is 1. The molecule has 2 heterocycles. The fourth-order valence-corrected chi connectivity index (χ4v) is 2.15. The maximum atomic E-state index is 5.86. The largest absolute Gasteiger partial charge is 0.399 e. The number of hydrogen-bond acceptors (Lipinski definition) is 3. The molecule has 0 saturated carbocycles. The van der Waals surface area contributed by atoms with E-state index >= 15 is 0 Å². The van der Waals surface area contributed by atoms with E-state index in [0.29, 0.717) is 0 Å². The third-order valence-corrected chi connectivity index (χ3v) is 3.16. The summed E-state index contributed by atoms with van der Waals surface area (Å²) in [4.78, 5) is 8.86. The number of anilines is 1. The number of pyridine rings is 1. The van der Waals surface area contributed by atoms with Crippen LogP contribution >= 0.6 is 0 Å². The summed E-state index contributed by atoms with van der Waals surface area (Å²) in [6.45, 7) is 2.06. The van der Waals surface area contributed by atoms with Crippen LogP contribution in [0.25, 0.3) is 22.6 Å². The summed E-state index contributed by atoms with van der Waals surface area (Å²) in [5.74, 6) is 0.897. The monoisotopic (exact) mass is 238 g/mol. The Bertz CT molecular complexity index is 728. The van der Waals surface area contributed by atoms with Gasteiger partial charge in [-0.2, -0.15) is 0 Å². The minimum absolute atomic E-state index is 0.746. The number of nitrogen functional groups attached to an aromatic ring is 1. The summed E-state index contributed by atoms with van der Waals surface area (Å²) in [5.41, 5.74) is 10.6. The van der Waals surface area contributed by atoms with Gasteiger partial charge in [-0.25, -0.2) is 9.97 Å². The lowest BCUT2D eigenvalue weighted by molar-refractivity contribution is 0.957. The van der Waals surface area contributed by atoms with Gasteiger partial charge in [0.1, 0.15) is 5.82 Å². The van der Waals surface area contributed by atoms with Crippen LogP contribution in [0.15, 0.2) is 36.5 Å². The quantitative estimate of drug-likeness (QED) is 0.663. The molecule has 90 valence electrons. The van der Waals surface area contributed by atoms with Gasteiger partial charge in [0.05, 0.1) is 5.52 Å². The molecule has 4 heteroatoms. The van der Waals surface area contributed by atoms with Crippen molar-refractivity contribution >= 4 is 16.9 Å². The summed E-state index contributed by atoms with van der Waals surface area (Å²) in [7, 11) is 2.00. The van der Waals surface area contributed by atoms with Crippen LogP contribution in [-0.4, -0.2) is 14.5 Å². The van der Waals surface area contributed by atoms with Gasteiger partial charge in [-0.1, -0.05) is 6.07 Å². The molecule has 2 aromatic heterocycles. The van der Waals surface area contributed by atoms with E-state index < -0.39 is 0 Å². The lowest BCUT2D eigenvalue weighted by Gasteiger charge is -2.07. The van der Waals surface area contributed by atoms with Crippen molar-refractivity contribution in [1.82, 2.24) is 14.5 Å². The van der Waals surface area contributed by atoms with Crippen LogP contribution in [0.2, 0.25) is 0 Å². The summed E-state index contributed by atoms with van der Waals surface area (Å²) in [6, 6.07) is 9.80. The van der Waals surface area contributed by atoms with E-state index in [4.69, 9.17) is 5.73 Å². The molecule has 0 amide bonds. The highest BCUT2D eigenvalue weighted by molar-refractivity contribution is 5.78. The zero-order chi connectivity index (χ0) is 12.7. The molecular weight excluding hydrogens is 224 g/mol. The van der Waals surface area contributed by atoms with E-state index in [-0.39, 0.29) is 0 Å². The highest BCUT2D eigenvalue weighted by atomic mass is 15.1. The molecule has 0 spiro atoms. The zero-order valence-corrected chi connectivity index (χ0v) is 10.4. The topological polar surface area (TPSA) is 56.7 Å². The predicted molar refractivity (Wildman–Crippen MR) is 73.1 cm³/mol. The first-order valence-corrected chi connectivity index (χ1v) is 5.81. The van der Waals surface area contributed by atoms with E-state index in [2.05, 4.69) is 16.9 Å². The van der Waals surface area contributed by atoms with Crippen molar-refractivity contribution < 1.29 is 0 Å². The number of nitrogens with two attached hydrogens (primary N) is 1. The first kappa shape index (κ1) is 10.8. The average molecular weight is 238 g/mol. The molecule has 3 rings (SSSR count). The maximum Gasteiger partial charge on any atom is 0.178 e. The first-order valence-electron chi connectivity index (χ1n) is 5.81. The number of aryl methyl sites for hydroxylation is 2. The van der Waals surface area contributed by atoms with E-state index in [0.717, 1.165) is 33.8 Å². The van der Waals surface area contributed by atoms with Gasteiger partial charge >= 0.3 is 0 Å². The van der Waals surface area contributed by atoms with Crippen LogP contribution < -0.4 is 5.73 Å². The van der Waals surface area contributed by atoms with Gasteiger partial charge in [-0.15, -0.1) is 0 Å². The normalized spacial score (nSPS) is 11.0. The lowest BCUT2D eigenvalue weighted by Crippen LogP contribution is -1.96. The molecule has 0 radical (unpaired) electrons. The van der Waals surface area contributed by atoms with Crippen molar-refractivity contribution in [2.75, 3.05) is 5.73 Å². The van der Waals surface area contributed by atoms with Gasteiger partial charge in [0.25, 0.3) is 0 Å². The van der Waals surface area contributed by atoms with Crippen LogP contribution in [0.1, 0.15) is 5.56 Å². The Kier molecular flexibility index (Phi) is 2.30. The van der Waals surface area contributed by atoms with Crippen LogP contribution in [0.4, 0.5) is 5.69 Å². The number of benzene rings is 1. The molecule has 0 unspecified atom stereocenters. The van der Waals surface area contributed by atoms with E-state index in [1.807, 2.05) is 41.9 Å². The van der Waals surface area contributed by atoms with E-state index in [1.165, 1.54) is 0 Å². The molecule has 1 aromatic carbocycles. The van der Waals surface area contributed by atoms with Gasteiger partial charge in [0, 0.05) is 24.5 Å². The second-order valence-corrected chi connectivity index (χ2v) is 4.41. The van der Waals surface area contributed by atoms with Crippen LogP contribution in [-0.2, 0) is 7.05 Å². The summed E-state index contributed by atoms with van der Waals surface area (Å²) < 4.78 is 2.05. The molecule has 0 bridgehead atoms. The fraction of sp³-hybridized carbons (Fsp3) is 0.143. The lowest BCUT2D eigenvalue weighted by atomic mass is 10.1. The second kappa shape index (κ2) is 3.84. The molecule has 0 aliphatic carbocycles. The number of aromatic nitrogens is 3. The Morgan fingerprint density at radius 2 is 2.06 bits per heavy atom. The fourth-order valence-electron chi connectivity index (χ4n) is 2.15. The molecule has 0 fully saturated rings. The molecule has 0 aliphatic rings. The number of nitrogens with zero attached hydrogens (tertiary/aromatic N) is 3. The molecule has 4 nitrogen and oxygen atoms in total. The summed E-state index contributed by atoms with van der Waals surface area (Å²) in [6.07, 6.45) is 1.76. The number of rotatable bonds is 1.